The Balaban J connectivity index is 1.91. The van der Waals surface area contributed by atoms with Gasteiger partial charge in [-0.2, -0.15) is 0 Å². The molecule has 2 amide bonds. The maximum absolute atomic E-state index is 12.6. The lowest BCUT2D eigenvalue weighted by atomic mass is 9.79. The number of carbonyl (C=O) groups excluding carboxylic acids is 2. The summed E-state index contributed by atoms with van der Waals surface area (Å²) in [7, 11) is 3.86. The number of nitrogens with two attached hydrogens (primary N) is 1. The number of hydrogen-bond acceptors (Lipinski definition) is 5. The normalized spacial score (nSPS) is 16.5. The third-order valence-electron chi connectivity index (χ3n) is 4.53. The highest BCUT2D eigenvalue weighted by molar-refractivity contribution is 5.96. The molecule has 1 aromatic rings. The molecule has 1 saturated heterocycles. The number of benzene rings is 1. The number of nitrogens with zero attached hydrogens (tertiary/aromatic N) is 1. The first-order chi connectivity index (χ1) is 11.9. The predicted molar refractivity (Wildman–Crippen MR) is 98.4 cm³/mol. The molecule has 0 saturated carbocycles. The van der Waals surface area contributed by atoms with Crippen LogP contribution in [0.3, 0.4) is 0 Å². The van der Waals surface area contributed by atoms with Crippen LogP contribution in [0.5, 0.6) is 0 Å². The molecular weight excluding hydrogens is 320 g/mol. The molecule has 0 aromatic heterocycles. The Morgan fingerprint density at radius 2 is 1.68 bits per heavy atom. The van der Waals surface area contributed by atoms with Crippen molar-refractivity contribution in [2.75, 3.05) is 51.0 Å². The van der Waals surface area contributed by atoms with Gasteiger partial charge in [-0.15, -0.1) is 0 Å². The van der Waals surface area contributed by atoms with Crippen LogP contribution in [0.2, 0.25) is 0 Å². The monoisotopic (exact) mass is 348 g/mol. The predicted octanol–water partition coefficient (Wildman–Crippen LogP) is 1.27. The lowest BCUT2D eigenvalue weighted by molar-refractivity contribution is -0.130. The Morgan fingerprint density at radius 3 is 2.20 bits per heavy atom. The molecule has 2 rings (SSSR count). The van der Waals surface area contributed by atoms with E-state index < -0.39 is 5.41 Å². The summed E-state index contributed by atoms with van der Waals surface area (Å²) in [5.41, 5.74) is 6.70. The highest BCUT2D eigenvalue weighted by Gasteiger charge is 2.38. The summed E-state index contributed by atoms with van der Waals surface area (Å²) in [5.74, 6) is -0.101. The van der Waals surface area contributed by atoms with Gasteiger partial charge in [0.15, 0.2) is 0 Å². The van der Waals surface area contributed by atoms with E-state index >= 15 is 0 Å². The molecule has 1 aliphatic rings. The van der Waals surface area contributed by atoms with Gasteiger partial charge < -0.3 is 26.0 Å². The molecule has 25 heavy (non-hydrogen) atoms. The van der Waals surface area contributed by atoms with E-state index in [2.05, 4.69) is 10.6 Å². The lowest BCUT2D eigenvalue weighted by Gasteiger charge is -2.34. The van der Waals surface area contributed by atoms with Gasteiger partial charge in [0.05, 0.1) is 5.41 Å². The second-order valence-electron chi connectivity index (χ2n) is 6.73. The minimum absolute atomic E-state index is 0.0326. The fraction of sp³-hybridized carbons (Fsp3) is 0.556. The highest BCUT2D eigenvalue weighted by Crippen LogP contribution is 2.31. The van der Waals surface area contributed by atoms with Crippen LogP contribution in [0, 0.1) is 5.41 Å². The lowest BCUT2D eigenvalue weighted by Crippen LogP contribution is -2.46. The zero-order valence-corrected chi connectivity index (χ0v) is 15.0. The SMILES string of the molecule is CN(C)CCC(=O)Nc1ccc(NC(=O)C2(CN)CCOCC2)cc1. The van der Waals surface area contributed by atoms with E-state index in [0.717, 1.165) is 0 Å². The second-order valence-corrected chi connectivity index (χ2v) is 6.73. The van der Waals surface area contributed by atoms with Crippen LogP contribution in [0.15, 0.2) is 24.3 Å². The molecule has 1 aromatic carbocycles. The molecular formula is C18H28N4O3. The fourth-order valence-electron chi connectivity index (χ4n) is 2.74. The molecule has 0 aliphatic carbocycles. The number of anilines is 2. The summed E-state index contributed by atoms with van der Waals surface area (Å²) < 4.78 is 5.34. The van der Waals surface area contributed by atoms with E-state index in [4.69, 9.17) is 10.5 Å². The zero-order valence-electron chi connectivity index (χ0n) is 15.0. The van der Waals surface area contributed by atoms with Crippen LogP contribution in [0.4, 0.5) is 11.4 Å². The van der Waals surface area contributed by atoms with Crippen molar-refractivity contribution in [1.82, 2.24) is 4.90 Å². The standard InChI is InChI=1S/C18H28N4O3/c1-22(2)10-7-16(23)20-14-3-5-15(6-4-14)21-17(24)18(13-19)8-11-25-12-9-18/h3-6H,7-13,19H2,1-2H3,(H,20,23)(H,21,24). The first kappa shape index (κ1) is 19.4. The summed E-state index contributed by atoms with van der Waals surface area (Å²) in [6.45, 7) is 2.12. The van der Waals surface area contributed by atoms with E-state index in [-0.39, 0.29) is 11.8 Å². The first-order valence-corrected chi connectivity index (χ1v) is 8.59. The fourth-order valence-corrected chi connectivity index (χ4v) is 2.74. The van der Waals surface area contributed by atoms with Crippen LogP contribution in [0.1, 0.15) is 19.3 Å². The number of carbonyl (C=O) groups is 2. The topological polar surface area (TPSA) is 96.7 Å². The Hall–Kier alpha value is -1.96. The number of ether oxygens (including phenoxy) is 1. The Morgan fingerprint density at radius 1 is 1.12 bits per heavy atom. The largest absolute Gasteiger partial charge is 0.381 e. The minimum atomic E-state index is -0.558. The minimum Gasteiger partial charge on any atom is -0.381 e. The molecule has 0 unspecified atom stereocenters. The number of amides is 2. The van der Waals surface area contributed by atoms with Gasteiger partial charge in [0.1, 0.15) is 0 Å². The van der Waals surface area contributed by atoms with E-state index in [9.17, 15) is 9.59 Å². The molecule has 0 atom stereocenters. The molecule has 0 radical (unpaired) electrons. The molecule has 0 spiro atoms. The molecule has 4 N–H and O–H groups in total. The highest BCUT2D eigenvalue weighted by atomic mass is 16.5. The number of rotatable bonds is 7. The van der Waals surface area contributed by atoms with Crippen molar-refractivity contribution in [2.45, 2.75) is 19.3 Å². The Bertz CT molecular complexity index is 580. The van der Waals surface area contributed by atoms with Gasteiger partial charge in [-0.05, 0) is 51.2 Å². The molecule has 7 nitrogen and oxygen atoms in total. The Labute approximate surface area is 148 Å². The van der Waals surface area contributed by atoms with Gasteiger partial charge in [0.25, 0.3) is 0 Å². The second kappa shape index (κ2) is 8.94. The third kappa shape index (κ3) is 5.52. The summed E-state index contributed by atoms with van der Waals surface area (Å²) in [6, 6.07) is 7.12. The van der Waals surface area contributed by atoms with Crippen molar-refractivity contribution in [2.24, 2.45) is 11.1 Å². The quantitative estimate of drug-likeness (QED) is 0.689. The number of nitrogens with one attached hydrogen (secondary N) is 2. The van der Waals surface area contributed by atoms with Crippen LogP contribution in [0.25, 0.3) is 0 Å². The van der Waals surface area contributed by atoms with Crippen molar-refractivity contribution in [3.05, 3.63) is 24.3 Å². The van der Waals surface area contributed by atoms with Crippen LogP contribution >= 0.6 is 0 Å². The van der Waals surface area contributed by atoms with Crippen molar-refractivity contribution in [3.63, 3.8) is 0 Å². The smallest absolute Gasteiger partial charge is 0.232 e. The molecule has 138 valence electrons. The third-order valence-corrected chi connectivity index (χ3v) is 4.53. The van der Waals surface area contributed by atoms with Gasteiger partial charge in [0, 0.05) is 44.1 Å². The average Bonchev–Trinajstić information content (AvgIpc) is 2.62. The van der Waals surface area contributed by atoms with E-state index in [1.165, 1.54) is 0 Å². The van der Waals surface area contributed by atoms with E-state index in [1.807, 2.05) is 19.0 Å². The summed E-state index contributed by atoms with van der Waals surface area (Å²) >= 11 is 0. The van der Waals surface area contributed by atoms with Crippen LogP contribution < -0.4 is 16.4 Å². The van der Waals surface area contributed by atoms with Gasteiger partial charge in [-0.1, -0.05) is 0 Å². The first-order valence-electron chi connectivity index (χ1n) is 8.59. The van der Waals surface area contributed by atoms with Gasteiger partial charge in [-0.3, -0.25) is 9.59 Å². The number of hydrogen-bond donors (Lipinski definition) is 3. The molecule has 1 aliphatic heterocycles. The van der Waals surface area contributed by atoms with Gasteiger partial charge >= 0.3 is 0 Å². The van der Waals surface area contributed by atoms with E-state index in [0.29, 0.717) is 56.9 Å². The van der Waals surface area contributed by atoms with Crippen molar-refractivity contribution >= 4 is 23.2 Å². The summed E-state index contributed by atoms with van der Waals surface area (Å²) in [5, 5.41) is 5.78. The molecule has 1 fully saturated rings. The zero-order chi connectivity index (χ0) is 18.3. The molecule has 0 bridgehead atoms. The van der Waals surface area contributed by atoms with Crippen molar-refractivity contribution in [3.8, 4) is 0 Å². The van der Waals surface area contributed by atoms with Crippen LogP contribution in [-0.4, -0.2) is 57.1 Å². The van der Waals surface area contributed by atoms with Crippen molar-refractivity contribution < 1.29 is 14.3 Å². The van der Waals surface area contributed by atoms with Gasteiger partial charge in [0.2, 0.25) is 11.8 Å². The average molecular weight is 348 g/mol. The van der Waals surface area contributed by atoms with Gasteiger partial charge in [-0.25, -0.2) is 0 Å². The molecule has 1 heterocycles. The maximum Gasteiger partial charge on any atom is 0.232 e. The van der Waals surface area contributed by atoms with E-state index in [1.54, 1.807) is 24.3 Å². The van der Waals surface area contributed by atoms with Crippen LogP contribution in [-0.2, 0) is 14.3 Å². The summed E-state index contributed by atoms with van der Waals surface area (Å²) in [6.07, 6.45) is 1.71. The van der Waals surface area contributed by atoms with Crippen molar-refractivity contribution in [1.29, 1.82) is 0 Å². The summed E-state index contributed by atoms with van der Waals surface area (Å²) in [4.78, 5) is 26.4. The Kier molecular flexibility index (Phi) is 6.92. The molecule has 7 heteroatoms. The maximum atomic E-state index is 12.6.